The van der Waals surface area contributed by atoms with Crippen molar-refractivity contribution in [3.8, 4) is 6.07 Å². The van der Waals surface area contributed by atoms with E-state index in [1.807, 2.05) is 12.1 Å². The van der Waals surface area contributed by atoms with E-state index < -0.39 is 0 Å². The standard InChI is InChI=1S/C20H29N5O2/c1-27-13-9-22-20(26)16-4-3-10-25(15-16)18-7-11-24(12-8-18)19-6-2-5-17(14-21)23-19/h2,5-6,16,18H,3-4,7-13,15H2,1H3,(H,22,26)/t16-/m1/s1. The lowest BCUT2D eigenvalue weighted by Gasteiger charge is -2.42. The van der Waals surface area contributed by atoms with Crippen LogP contribution in [0.4, 0.5) is 5.82 Å². The van der Waals surface area contributed by atoms with Gasteiger partial charge in [0.05, 0.1) is 12.5 Å². The molecule has 1 aromatic rings. The summed E-state index contributed by atoms with van der Waals surface area (Å²) in [6, 6.07) is 8.24. The van der Waals surface area contributed by atoms with Gasteiger partial charge in [0.25, 0.3) is 0 Å². The van der Waals surface area contributed by atoms with Crippen LogP contribution in [-0.4, -0.2) is 68.3 Å². The fourth-order valence-corrected chi connectivity index (χ4v) is 4.09. The molecule has 1 atom stereocenters. The number of hydrogen-bond donors (Lipinski definition) is 1. The topological polar surface area (TPSA) is 81.5 Å². The van der Waals surface area contributed by atoms with Gasteiger partial charge in [0.15, 0.2) is 0 Å². The maximum Gasteiger partial charge on any atom is 0.224 e. The molecule has 0 bridgehead atoms. The first-order valence-corrected chi connectivity index (χ1v) is 9.84. The van der Waals surface area contributed by atoms with Crippen LogP contribution < -0.4 is 10.2 Å². The number of anilines is 1. The third-order valence-electron chi connectivity index (χ3n) is 5.58. The molecule has 0 unspecified atom stereocenters. The van der Waals surface area contributed by atoms with Gasteiger partial charge in [-0.25, -0.2) is 4.98 Å². The molecule has 27 heavy (non-hydrogen) atoms. The Morgan fingerprint density at radius 1 is 1.33 bits per heavy atom. The lowest BCUT2D eigenvalue weighted by atomic mass is 9.93. The van der Waals surface area contributed by atoms with E-state index in [-0.39, 0.29) is 11.8 Å². The second-order valence-electron chi connectivity index (χ2n) is 7.33. The quantitative estimate of drug-likeness (QED) is 0.761. The van der Waals surface area contributed by atoms with E-state index in [2.05, 4.69) is 26.2 Å². The summed E-state index contributed by atoms with van der Waals surface area (Å²) in [6.07, 6.45) is 4.18. The molecule has 7 heteroatoms. The normalized spacial score (nSPS) is 21.6. The van der Waals surface area contributed by atoms with E-state index in [0.717, 1.165) is 57.7 Å². The van der Waals surface area contributed by atoms with Crippen LogP contribution in [0.25, 0.3) is 0 Å². The Morgan fingerprint density at radius 3 is 2.89 bits per heavy atom. The number of methoxy groups -OCH3 is 1. The summed E-state index contributed by atoms with van der Waals surface area (Å²) in [6.45, 7) is 4.95. The van der Waals surface area contributed by atoms with Crippen LogP contribution in [0, 0.1) is 17.2 Å². The van der Waals surface area contributed by atoms with Gasteiger partial charge in [0, 0.05) is 39.3 Å². The lowest BCUT2D eigenvalue weighted by Crippen LogP contribution is -2.51. The molecule has 1 aromatic heterocycles. The number of rotatable bonds is 6. The fraction of sp³-hybridized carbons (Fsp3) is 0.650. The molecule has 0 aliphatic carbocycles. The van der Waals surface area contributed by atoms with Gasteiger partial charge < -0.3 is 15.0 Å². The van der Waals surface area contributed by atoms with E-state index in [4.69, 9.17) is 10.00 Å². The van der Waals surface area contributed by atoms with Crippen LogP contribution in [0.5, 0.6) is 0 Å². The second kappa shape index (κ2) is 9.67. The van der Waals surface area contributed by atoms with Gasteiger partial charge in [-0.15, -0.1) is 0 Å². The average Bonchev–Trinajstić information content (AvgIpc) is 2.74. The number of nitriles is 1. The summed E-state index contributed by atoms with van der Waals surface area (Å²) >= 11 is 0. The Kier molecular flexibility index (Phi) is 7.02. The Hall–Kier alpha value is -2.17. The molecule has 2 saturated heterocycles. The number of amides is 1. The number of aromatic nitrogens is 1. The number of ether oxygens (including phenoxy) is 1. The summed E-state index contributed by atoms with van der Waals surface area (Å²) in [7, 11) is 1.65. The van der Waals surface area contributed by atoms with Crippen LogP contribution in [0.2, 0.25) is 0 Å². The maximum absolute atomic E-state index is 12.4. The van der Waals surface area contributed by atoms with Gasteiger partial charge in [0.1, 0.15) is 17.6 Å². The van der Waals surface area contributed by atoms with Crippen molar-refractivity contribution in [3.05, 3.63) is 23.9 Å². The van der Waals surface area contributed by atoms with Crippen molar-refractivity contribution in [3.63, 3.8) is 0 Å². The Morgan fingerprint density at radius 2 is 2.15 bits per heavy atom. The number of nitrogens with zero attached hydrogens (tertiary/aromatic N) is 4. The number of nitrogens with one attached hydrogen (secondary N) is 1. The molecule has 0 spiro atoms. The highest BCUT2D eigenvalue weighted by atomic mass is 16.5. The molecular weight excluding hydrogens is 342 g/mol. The number of carbonyl (C=O) groups is 1. The van der Waals surface area contributed by atoms with E-state index in [1.165, 1.54) is 0 Å². The van der Waals surface area contributed by atoms with Crippen LogP contribution in [0.1, 0.15) is 31.4 Å². The molecule has 3 heterocycles. The molecule has 0 saturated carbocycles. The highest BCUT2D eigenvalue weighted by Crippen LogP contribution is 2.26. The molecule has 2 aliphatic rings. The first-order valence-electron chi connectivity index (χ1n) is 9.84. The van der Waals surface area contributed by atoms with E-state index in [0.29, 0.717) is 24.9 Å². The van der Waals surface area contributed by atoms with Crippen molar-refractivity contribution in [1.82, 2.24) is 15.2 Å². The molecule has 2 fully saturated rings. The van der Waals surface area contributed by atoms with Crippen LogP contribution in [-0.2, 0) is 9.53 Å². The maximum atomic E-state index is 12.4. The van der Waals surface area contributed by atoms with E-state index in [9.17, 15) is 4.79 Å². The third kappa shape index (κ3) is 5.18. The highest BCUT2D eigenvalue weighted by molar-refractivity contribution is 5.78. The minimum Gasteiger partial charge on any atom is -0.383 e. The van der Waals surface area contributed by atoms with E-state index >= 15 is 0 Å². The molecule has 1 amide bonds. The van der Waals surface area contributed by atoms with Crippen molar-refractivity contribution in [2.24, 2.45) is 5.92 Å². The van der Waals surface area contributed by atoms with Gasteiger partial charge in [-0.1, -0.05) is 6.07 Å². The number of pyridine rings is 1. The number of carbonyl (C=O) groups excluding carboxylic acids is 1. The zero-order valence-corrected chi connectivity index (χ0v) is 16.1. The number of likely N-dealkylation sites (tertiary alicyclic amines) is 1. The SMILES string of the molecule is COCCNC(=O)[C@@H]1CCCN(C2CCN(c3cccc(C#N)n3)CC2)C1. The molecule has 0 aromatic carbocycles. The molecular formula is C20H29N5O2. The Bertz CT molecular complexity index is 667. The summed E-state index contributed by atoms with van der Waals surface area (Å²) < 4.78 is 5.00. The second-order valence-corrected chi connectivity index (χ2v) is 7.33. The van der Waals surface area contributed by atoms with Gasteiger partial charge in [0.2, 0.25) is 5.91 Å². The van der Waals surface area contributed by atoms with Crippen LogP contribution in [0.3, 0.4) is 0 Å². The Balaban J connectivity index is 1.50. The first-order chi connectivity index (χ1) is 13.2. The monoisotopic (exact) mass is 371 g/mol. The van der Waals surface area contributed by atoms with Crippen molar-refractivity contribution >= 4 is 11.7 Å². The minimum atomic E-state index is 0.0858. The van der Waals surface area contributed by atoms with Crippen LogP contribution >= 0.6 is 0 Å². The summed E-state index contributed by atoms with van der Waals surface area (Å²) in [5.41, 5.74) is 0.466. The molecule has 7 nitrogen and oxygen atoms in total. The summed E-state index contributed by atoms with van der Waals surface area (Å²) in [4.78, 5) is 21.5. The highest BCUT2D eigenvalue weighted by Gasteiger charge is 2.31. The smallest absolute Gasteiger partial charge is 0.224 e. The molecule has 146 valence electrons. The van der Waals surface area contributed by atoms with Crippen molar-refractivity contribution in [2.45, 2.75) is 31.7 Å². The fourth-order valence-electron chi connectivity index (χ4n) is 4.09. The molecule has 0 radical (unpaired) electrons. The first kappa shape index (κ1) is 19.6. The Labute approximate surface area is 161 Å². The van der Waals surface area contributed by atoms with Crippen molar-refractivity contribution in [2.75, 3.05) is 51.3 Å². The molecule has 1 N–H and O–H groups in total. The molecule has 2 aliphatic heterocycles. The van der Waals surface area contributed by atoms with Crippen molar-refractivity contribution < 1.29 is 9.53 Å². The zero-order valence-electron chi connectivity index (χ0n) is 16.1. The van der Waals surface area contributed by atoms with Crippen molar-refractivity contribution in [1.29, 1.82) is 5.26 Å². The lowest BCUT2D eigenvalue weighted by molar-refractivity contribution is -0.127. The van der Waals surface area contributed by atoms with Gasteiger partial charge in [-0.2, -0.15) is 5.26 Å². The van der Waals surface area contributed by atoms with Gasteiger partial charge >= 0.3 is 0 Å². The van der Waals surface area contributed by atoms with E-state index in [1.54, 1.807) is 13.2 Å². The summed E-state index contributed by atoms with van der Waals surface area (Å²) in [5, 5.41) is 12.0. The zero-order chi connectivity index (χ0) is 19.1. The number of piperidine rings is 2. The van der Waals surface area contributed by atoms with Gasteiger partial charge in [-0.05, 0) is 44.4 Å². The van der Waals surface area contributed by atoms with Gasteiger partial charge in [-0.3, -0.25) is 9.69 Å². The predicted molar refractivity (Wildman–Crippen MR) is 103 cm³/mol. The predicted octanol–water partition coefficient (Wildman–Crippen LogP) is 1.40. The summed E-state index contributed by atoms with van der Waals surface area (Å²) in [5.74, 6) is 1.14. The van der Waals surface area contributed by atoms with Crippen LogP contribution in [0.15, 0.2) is 18.2 Å². The minimum absolute atomic E-state index is 0.0858. The molecule has 3 rings (SSSR count). The number of hydrogen-bond acceptors (Lipinski definition) is 6. The third-order valence-corrected chi connectivity index (χ3v) is 5.58. The average molecular weight is 371 g/mol. The largest absolute Gasteiger partial charge is 0.383 e.